The molecule has 25 heavy (non-hydrogen) atoms. The molecule has 0 unspecified atom stereocenters. The highest BCUT2D eigenvalue weighted by atomic mass is 32.2. The summed E-state index contributed by atoms with van der Waals surface area (Å²) in [4.78, 5) is 21.7. The standard InChI is InChI=1S/C15H16N4O4S2/c1-3-12-7-10(15(25-12)24-4-2)9-16-17-13-6-5-11(18(20)21)8-14(13)19(22)23/h5-9,17H,3-4H2,1-2H3. The lowest BCUT2D eigenvalue weighted by Crippen LogP contribution is -1.98. The number of rotatable bonds is 8. The van der Waals surface area contributed by atoms with Gasteiger partial charge in [0.15, 0.2) is 0 Å². The second-order valence-corrected chi connectivity index (χ2v) is 7.50. The number of nitro benzene ring substituents is 2. The van der Waals surface area contributed by atoms with E-state index in [-0.39, 0.29) is 11.4 Å². The van der Waals surface area contributed by atoms with Gasteiger partial charge in [0.25, 0.3) is 5.69 Å². The molecule has 1 heterocycles. The van der Waals surface area contributed by atoms with Crippen molar-refractivity contribution in [1.29, 1.82) is 0 Å². The molecule has 0 radical (unpaired) electrons. The Balaban J connectivity index is 2.23. The number of thioether (sulfide) groups is 1. The average Bonchev–Trinajstić information content (AvgIpc) is 2.97. The highest BCUT2D eigenvalue weighted by Crippen LogP contribution is 2.32. The van der Waals surface area contributed by atoms with Gasteiger partial charge in [0.1, 0.15) is 5.69 Å². The summed E-state index contributed by atoms with van der Waals surface area (Å²) in [5.74, 6) is 0.936. The number of non-ortho nitro benzene ring substituents is 1. The molecule has 132 valence electrons. The molecule has 0 atom stereocenters. The van der Waals surface area contributed by atoms with Gasteiger partial charge in [-0.05, 0) is 24.3 Å². The first-order valence-corrected chi connectivity index (χ1v) is 9.23. The molecule has 0 aliphatic carbocycles. The third-order valence-corrected chi connectivity index (χ3v) is 5.66. The lowest BCUT2D eigenvalue weighted by molar-refractivity contribution is -0.393. The molecule has 0 amide bonds. The minimum absolute atomic E-state index is 0.0995. The van der Waals surface area contributed by atoms with E-state index < -0.39 is 15.5 Å². The molecular formula is C15H16N4O4S2. The number of hydrazone groups is 1. The van der Waals surface area contributed by atoms with E-state index in [1.165, 1.54) is 17.0 Å². The molecular weight excluding hydrogens is 364 g/mol. The van der Waals surface area contributed by atoms with E-state index in [2.05, 4.69) is 24.4 Å². The maximum absolute atomic E-state index is 11.1. The second-order valence-electron chi connectivity index (χ2n) is 4.83. The zero-order valence-corrected chi connectivity index (χ0v) is 15.2. The van der Waals surface area contributed by atoms with Gasteiger partial charge in [0, 0.05) is 16.5 Å². The zero-order chi connectivity index (χ0) is 18.4. The Morgan fingerprint density at radius 2 is 2.00 bits per heavy atom. The van der Waals surface area contributed by atoms with E-state index in [4.69, 9.17) is 0 Å². The third-order valence-electron chi connectivity index (χ3n) is 3.18. The number of benzene rings is 1. The highest BCUT2D eigenvalue weighted by molar-refractivity contribution is 8.01. The maximum Gasteiger partial charge on any atom is 0.301 e. The molecule has 0 aliphatic heterocycles. The quantitative estimate of drug-likeness (QED) is 0.308. The molecule has 1 N–H and O–H groups in total. The van der Waals surface area contributed by atoms with Crippen LogP contribution < -0.4 is 5.43 Å². The lowest BCUT2D eigenvalue weighted by atomic mass is 10.2. The molecule has 0 aliphatic rings. The van der Waals surface area contributed by atoms with Crippen LogP contribution in [0.25, 0.3) is 0 Å². The molecule has 2 rings (SSSR count). The van der Waals surface area contributed by atoms with E-state index in [1.54, 1.807) is 29.3 Å². The number of anilines is 1. The van der Waals surface area contributed by atoms with Crippen LogP contribution in [0.2, 0.25) is 0 Å². The monoisotopic (exact) mass is 380 g/mol. The van der Waals surface area contributed by atoms with Gasteiger partial charge in [-0.1, -0.05) is 13.8 Å². The van der Waals surface area contributed by atoms with E-state index in [9.17, 15) is 20.2 Å². The predicted octanol–water partition coefficient (Wildman–Crippen LogP) is 4.68. The van der Waals surface area contributed by atoms with Gasteiger partial charge < -0.3 is 0 Å². The van der Waals surface area contributed by atoms with Gasteiger partial charge in [-0.2, -0.15) is 5.10 Å². The molecule has 1 aromatic carbocycles. The van der Waals surface area contributed by atoms with Crippen molar-refractivity contribution in [3.05, 3.63) is 54.9 Å². The Morgan fingerprint density at radius 3 is 2.60 bits per heavy atom. The van der Waals surface area contributed by atoms with Gasteiger partial charge >= 0.3 is 5.69 Å². The molecule has 1 aromatic heterocycles. The van der Waals surface area contributed by atoms with Crippen LogP contribution in [0.4, 0.5) is 17.1 Å². The fourth-order valence-electron chi connectivity index (χ4n) is 2.00. The molecule has 0 saturated heterocycles. The van der Waals surface area contributed by atoms with Crippen molar-refractivity contribution in [2.75, 3.05) is 11.2 Å². The average molecular weight is 380 g/mol. The first-order chi connectivity index (χ1) is 12.0. The Bertz CT molecular complexity index is 820. The smallest absolute Gasteiger partial charge is 0.272 e. The molecule has 2 aromatic rings. The van der Waals surface area contributed by atoms with E-state index >= 15 is 0 Å². The fraction of sp³-hybridized carbons (Fsp3) is 0.267. The number of hydrogen-bond donors (Lipinski definition) is 1. The minimum atomic E-state index is -0.678. The van der Waals surface area contributed by atoms with Crippen molar-refractivity contribution in [1.82, 2.24) is 0 Å². The number of nitro groups is 2. The SMILES string of the molecule is CCSc1sc(CC)cc1C=NNc1ccc([N+](=O)[O-])cc1[N+](=O)[O-]. The summed E-state index contributed by atoms with van der Waals surface area (Å²) in [5, 5.41) is 25.9. The summed E-state index contributed by atoms with van der Waals surface area (Å²) in [6.07, 6.45) is 2.54. The van der Waals surface area contributed by atoms with Crippen LogP contribution in [0.1, 0.15) is 24.3 Å². The first kappa shape index (κ1) is 18.9. The highest BCUT2D eigenvalue weighted by Gasteiger charge is 2.19. The molecule has 0 saturated carbocycles. The van der Waals surface area contributed by atoms with Crippen LogP contribution in [-0.4, -0.2) is 21.8 Å². The van der Waals surface area contributed by atoms with E-state index in [1.807, 2.05) is 6.07 Å². The van der Waals surface area contributed by atoms with Gasteiger partial charge in [0.05, 0.1) is 26.3 Å². The Labute approximate surface area is 152 Å². The van der Waals surface area contributed by atoms with E-state index in [0.717, 1.165) is 28.0 Å². The van der Waals surface area contributed by atoms with E-state index in [0.29, 0.717) is 0 Å². The lowest BCUT2D eigenvalue weighted by Gasteiger charge is -2.02. The largest absolute Gasteiger partial charge is 0.301 e. The maximum atomic E-state index is 11.1. The fourth-order valence-corrected chi connectivity index (χ4v) is 4.25. The molecule has 0 bridgehead atoms. The summed E-state index contributed by atoms with van der Waals surface area (Å²) >= 11 is 3.42. The summed E-state index contributed by atoms with van der Waals surface area (Å²) in [7, 11) is 0. The molecule has 8 nitrogen and oxygen atoms in total. The van der Waals surface area contributed by atoms with Gasteiger partial charge in [-0.25, -0.2) is 0 Å². The Hall–Kier alpha value is -2.46. The van der Waals surface area contributed by atoms with Crippen molar-refractivity contribution in [3.63, 3.8) is 0 Å². The van der Waals surface area contributed by atoms with Gasteiger partial charge in [0.2, 0.25) is 0 Å². The number of hydrogen-bond acceptors (Lipinski definition) is 8. The second kappa shape index (κ2) is 8.58. The van der Waals surface area contributed by atoms with Crippen LogP contribution in [0.5, 0.6) is 0 Å². The van der Waals surface area contributed by atoms with Crippen molar-refractivity contribution in [2.45, 2.75) is 24.5 Å². The van der Waals surface area contributed by atoms with Gasteiger partial charge in [-0.15, -0.1) is 23.1 Å². The Kier molecular flexibility index (Phi) is 6.48. The third kappa shape index (κ3) is 4.77. The minimum Gasteiger partial charge on any atom is -0.272 e. The number of thiophene rings is 1. The van der Waals surface area contributed by atoms with Crippen LogP contribution in [0.3, 0.4) is 0 Å². The number of aryl methyl sites for hydroxylation is 1. The van der Waals surface area contributed by atoms with Crippen LogP contribution in [0.15, 0.2) is 33.6 Å². The molecule has 0 spiro atoms. The summed E-state index contributed by atoms with van der Waals surface area (Å²) in [5.41, 5.74) is 2.92. The Morgan fingerprint density at radius 1 is 1.24 bits per heavy atom. The molecule has 10 heteroatoms. The van der Waals surface area contributed by atoms with Crippen molar-refractivity contribution in [3.8, 4) is 0 Å². The van der Waals surface area contributed by atoms with Crippen molar-refractivity contribution >= 4 is 46.4 Å². The summed E-state index contributed by atoms with van der Waals surface area (Å²) in [6.45, 7) is 4.14. The topological polar surface area (TPSA) is 111 Å². The first-order valence-electron chi connectivity index (χ1n) is 7.43. The molecule has 0 fully saturated rings. The normalized spacial score (nSPS) is 11.0. The zero-order valence-electron chi connectivity index (χ0n) is 13.6. The number of nitrogens with one attached hydrogen (secondary N) is 1. The van der Waals surface area contributed by atoms with Gasteiger partial charge in [-0.3, -0.25) is 25.7 Å². The number of nitrogens with zero attached hydrogens (tertiary/aromatic N) is 3. The van der Waals surface area contributed by atoms with Crippen molar-refractivity contribution in [2.24, 2.45) is 5.10 Å². The predicted molar refractivity (Wildman–Crippen MR) is 101 cm³/mol. The van der Waals surface area contributed by atoms with Crippen molar-refractivity contribution < 1.29 is 9.85 Å². The summed E-state index contributed by atoms with van der Waals surface area (Å²) in [6, 6.07) is 5.43. The van der Waals surface area contributed by atoms with Crippen LogP contribution in [-0.2, 0) is 6.42 Å². The van der Waals surface area contributed by atoms with Crippen LogP contribution >= 0.6 is 23.1 Å². The summed E-state index contributed by atoms with van der Waals surface area (Å²) < 4.78 is 1.14. The van der Waals surface area contributed by atoms with Crippen LogP contribution in [0, 0.1) is 20.2 Å².